The zero-order valence-corrected chi connectivity index (χ0v) is 19.3. The molecule has 1 aliphatic carbocycles. The minimum Gasteiger partial charge on any atom is -0.377 e. The van der Waals surface area contributed by atoms with E-state index in [1.807, 2.05) is 31.2 Å². The molecule has 6 nitrogen and oxygen atoms in total. The summed E-state index contributed by atoms with van der Waals surface area (Å²) in [6, 6.07) is 8.00. The third kappa shape index (κ3) is 5.37. The lowest BCUT2D eigenvalue weighted by molar-refractivity contribution is -0.120. The third-order valence-electron chi connectivity index (χ3n) is 5.39. The van der Waals surface area contributed by atoms with Gasteiger partial charge < -0.3 is 15.0 Å². The number of aromatic nitrogens is 2. The van der Waals surface area contributed by atoms with Crippen LogP contribution in [0.15, 0.2) is 29.1 Å². The Kier molecular flexibility index (Phi) is 7.42. The predicted molar refractivity (Wildman–Crippen MR) is 127 cm³/mol. The van der Waals surface area contributed by atoms with Gasteiger partial charge in [0.2, 0.25) is 5.91 Å². The normalized spacial score (nSPS) is 12.9. The number of nitrogens with zero attached hydrogens (tertiary/aromatic N) is 1. The number of amides is 1. The van der Waals surface area contributed by atoms with Crippen molar-refractivity contribution in [2.45, 2.75) is 51.5 Å². The Hall–Kier alpha value is -2.16. The average molecular weight is 458 g/mol. The number of thiophene rings is 1. The van der Waals surface area contributed by atoms with Crippen molar-refractivity contribution in [2.75, 3.05) is 12.4 Å². The first-order valence-electron chi connectivity index (χ1n) is 10.7. The van der Waals surface area contributed by atoms with Gasteiger partial charge in [-0.1, -0.05) is 24.3 Å². The number of ether oxygens (including phenoxy) is 1. The molecule has 0 aliphatic heterocycles. The molecule has 0 atom stereocenters. The summed E-state index contributed by atoms with van der Waals surface area (Å²) in [6.07, 6.45) is 3.61. The molecule has 0 saturated carbocycles. The molecular formula is C23H27N3O3S2. The highest BCUT2D eigenvalue weighted by molar-refractivity contribution is 7.98. The van der Waals surface area contributed by atoms with Crippen LogP contribution in [0.1, 0.15) is 47.2 Å². The average Bonchev–Trinajstić information content (AvgIpc) is 3.35. The molecule has 0 saturated heterocycles. The van der Waals surface area contributed by atoms with Crippen LogP contribution in [0, 0.1) is 0 Å². The van der Waals surface area contributed by atoms with Crippen LogP contribution in [0.3, 0.4) is 0 Å². The lowest BCUT2D eigenvalue weighted by Gasteiger charge is -2.10. The third-order valence-corrected chi connectivity index (χ3v) is 7.55. The minimum atomic E-state index is -0.0246. The number of H-pyrrole nitrogens is 1. The van der Waals surface area contributed by atoms with Gasteiger partial charge in [0, 0.05) is 30.2 Å². The molecule has 2 N–H and O–H groups in total. The summed E-state index contributed by atoms with van der Waals surface area (Å²) in [4.78, 5) is 34.5. The molecule has 1 aliphatic rings. The van der Waals surface area contributed by atoms with Crippen LogP contribution in [-0.4, -0.2) is 28.2 Å². The Morgan fingerprint density at radius 1 is 1.29 bits per heavy atom. The molecule has 0 spiro atoms. The van der Waals surface area contributed by atoms with Crippen molar-refractivity contribution < 1.29 is 9.53 Å². The largest absolute Gasteiger partial charge is 0.377 e. The summed E-state index contributed by atoms with van der Waals surface area (Å²) >= 11 is 3.27. The monoisotopic (exact) mass is 457 g/mol. The van der Waals surface area contributed by atoms with Crippen LogP contribution in [-0.2, 0) is 41.3 Å². The van der Waals surface area contributed by atoms with Crippen LogP contribution >= 0.6 is 23.1 Å². The van der Waals surface area contributed by atoms with E-state index in [0.29, 0.717) is 43.5 Å². The molecule has 1 amide bonds. The molecule has 1 aromatic carbocycles. The predicted octanol–water partition coefficient (Wildman–Crippen LogP) is 3.95. The Bertz CT molecular complexity index is 1120. The van der Waals surface area contributed by atoms with Crippen LogP contribution in [0.25, 0.3) is 10.2 Å². The van der Waals surface area contributed by atoms with Gasteiger partial charge in [-0.05, 0) is 42.9 Å². The maximum absolute atomic E-state index is 12.5. The second kappa shape index (κ2) is 10.4. The number of hydrogen-bond acceptors (Lipinski definition) is 6. The smallest absolute Gasteiger partial charge is 0.259 e. The van der Waals surface area contributed by atoms with Crippen molar-refractivity contribution in [1.82, 2.24) is 15.3 Å². The topological polar surface area (TPSA) is 84.1 Å². The first-order chi connectivity index (χ1) is 15.2. The number of thioether (sulfide) groups is 1. The fourth-order valence-corrected chi connectivity index (χ4v) is 5.90. The molecule has 0 bridgehead atoms. The Morgan fingerprint density at radius 2 is 2.13 bits per heavy atom. The molecule has 8 heteroatoms. The maximum Gasteiger partial charge on any atom is 0.259 e. The number of aromatic amines is 1. The molecule has 31 heavy (non-hydrogen) atoms. The van der Waals surface area contributed by atoms with Crippen LogP contribution in [0.2, 0.25) is 0 Å². The van der Waals surface area contributed by atoms with Crippen molar-refractivity contribution in [3.63, 3.8) is 0 Å². The molecule has 164 valence electrons. The van der Waals surface area contributed by atoms with Crippen molar-refractivity contribution in [3.05, 3.63) is 62.0 Å². The minimum absolute atomic E-state index is 0.0188. The Balaban J connectivity index is 1.24. The van der Waals surface area contributed by atoms with Gasteiger partial charge in [-0.25, -0.2) is 4.98 Å². The van der Waals surface area contributed by atoms with E-state index in [4.69, 9.17) is 4.74 Å². The zero-order valence-electron chi connectivity index (χ0n) is 17.7. The van der Waals surface area contributed by atoms with Crippen molar-refractivity contribution >= 4 is 39.2 Å². The van der Waals surface area contributed by atoms with E-state index >= 15 is 0 Å². The Morgan fingerprint density at radius 3 is 2.97 bits per heavy atom. The first kappa shape index (κ1) is 22.0. The van der Waals surface area contributed by atoms with Crippen LogP contribution < -0.4 is 10.9 Å². The van der Waals surface area contributed by atoms with Gasteiger partial charge in [0.25, 0.3) is 5.56 Å². The lowest BCUT2D eigenvalue weighted by atomic mass is 10.1. The highest BCUT2D eigenvalue weighted by atomic mass is 32.2. The number of nitrogens with one attached hydrogen (secondary N) is 2. The maximum atomic E-state index is 12.5. The molecule has 4 rings (SSSR count). The number of rotatable bonds is 10. The highest BCUT2D eigenvalue weighted by Gasteiger charge is 2.21. The number of fused-ring (bicyclic) bond motifs is 3. The fraction of sp³-hybridized carbons (Fsp3) is 0.435. The summed E-state index contributed by atoms with van der Waals surface area (Å²) in [6.45, 7) is 3.69. The highest BCUT2D eigenvalue weighted by Crippen LogP contribution is 2.34. The molecule has 3 aromatic rings. The number of carbonyl (C=O) groups is 1. The van der Waals surface area contributed by atoms with Gasteiger partial charge in [-0.2, -0.15) is 11.8 Å². The summed E-state index contributed by atoms with van der Waals surface area (Å²) in [5.74, 6) is 1.98. The van der Waals surface area contributed by atoms with Crippen molar-refractivity contribution in [1.29, 1.82) is 0 Å². The molecule has 0 radical (unpaired) electrons. The number of aryl methyl sites for hydroxylation is 2. The lowest BCUT2D eigenvalue weighted by Crippen LogP contribution is -2.23. The summed E-state index contributed by atoms with van der Waals surface area (Å²) in [7, 11) is 0. The van der Waals surface area contributed by atoms with E-state index in [1.165, 1.54) is 10.4 Å². The fourth-order valence-electron chi connectivity index (χ4n) is 3.81. The standard InChI is InChI=1S/C23H27N3O3S2/c1-2-29-13-16-7-4-3-6-15(16)12-24-20(27)10-11-30-14-19-25-22(28)21-17-8-5-9-18(17)31-23(21)26-19/h3-4,6-7H,2,5,8-14H2,1H3,(H,24,27)(H,25,26,28). The van der Waals surface area contributed by atoms with Gasteiger partial charge in [0.15, 0.2) is 0 Å². The van der Waals surface area contributed by atoms with E-state index in [-0.39, 0.29) is 11.5 Å². The first-order valence-corrected chi connectivity index (χ1v) is 12.6. The Labute approximate surface area is 189 Å². The molecule has 0 fully saturated rings. The van der Waals surface area contributed by atoms with Crippen LogP contribution in [0.4, 0.5) is 0 Å². The molecular weight excluding hydrogens is 430 g/mol. The van der Waals surface area contributed by atoms with Gasteiger partial charge in [-0.3, -0.25) is 9.59 Å². The van der Waals surface area contributed by atoms with Crippen molar-refractivity contribution in [2.24, 2.45) is 0 Å². The second-order valence-electron chi connectivity index (χ2n) is 7.54. The SMILES string of the molecule is CCOCc1ccccc1CNC(=O)CCSCc1nc2sc3c(c2c(=O)[nH]1)CCC3. The van der Waals surface area contributed by atoms with E-state index in [1.54, 1.807) is 23.1 Å². The number of hydrogen-bond donors (Lipinski definition) is 2. The number of carbonyl (C=O) groups excluding carboxylic acids is 1. The van der Waals surface area contributed by atoms with Crippen LogP contribution in [0.5, 0.6) is 0 Å². The molecule has 0 unspecified atom stereocenters. The van der Waals surface area contributed by atoms with Gasteiger partial charge in [0.1, 0.15) is 10.7 Å². The number of benzene rings is 1. The molecule has 2 heterocycles. The van der Waals surface area contributed by atoms with E-state index in [0.717, 1.165) is 40.6 Å². The van der Waals surface area contributed by atoms with Gasteiger partial charge in [0.05, 0.1) is 17.7 Å². The summed E-state index contributed by atoms with van der Waals surface area (Å²) < 4.78 is 5.49. The molecule has 2 aromatic heterocycles. The quantitative estimate of drug-likeness (QED) is 0.451. The summed E-state index contributed by atoms with van der Waals surface area (Å²) in [5, 5.41) is 3.78. The van der Waals surface area contributed by atoms with Gasteiger partial charge in [-0.15, -0.1) is 11.3 Å². The second-order valence-corrected chi connectivity index (χ2v) is 9.72. The van der Waals surface area contributed by atoms with Gasteiger partial charge >= 0.3 is 0 Å². The summed E-state index contributed by atoms with van der Waals surface area (Å²) in [5.41, 5.74) is 3.36. The van der Waals surface area contributed by atoms with E-state index in [9.17, 15) is 9.59 Å². The zero-order chi connectivity index (χ0) is 21.6. The van der Waals surface area contributed by atoms with Crippen molar-refractivity contribution in [3.8, 4) is 0 Å². The van der Waals surface area contributed by atoms with E-state index < -0.39 is 0 Å². The van der Waals surface area contributed by atoms with E-state index in [2.05, 4.69) is 15.3 Å².